The maximum Gasteiger partial charge on any atom is 0.191 e. The van der Waals surface area contributed by atoms with Crippen molar-refractivity contribution >= 4 is 29.2 Å². The molecular weight excluding hydrogens is 357 g/mol. The summed E-state index contributed by atoms with van der Waals surface area (Å²) in [6.45, 7) is 6.94. The van der Waals surface area contributed by atoms with Crippen LogP contribution in [0.2, 0.25) is 10.0 Å². The van der Waals surface area contributed by atoms with Crippen LogP contribution in [0.4, 0.5) is 0 Å². The Morgan fingerprint density at radius 1 is 1.32 bits per heavy atom. The van der Waals surface area contributed by atoms with Crippen molar-refractivity contribution in [2.24, 2.45) is 12.0 Å². The van der Waals surface area contributed by atoms with Gasteiger partial charge in [-0.3, -0.25) is 9.67 Å². The lowest BCUT2D eigenvalue weighted by Gasteiger charge is -2.19. The fourth-order valence-corrected chi connectivity index (χ4v) is 3.39. The number of aryl methyl sites for hydroxylation is 2. The molecule has 0 bridgehead atoms. The first-order valence-corrected chi connectivity index (χ1v) is 9.00. The molecule has 5 nitrogen and oxygen atoms in total. The molecule has 0 aliphatic carbocycles. The Morgan fingerprint density at radius 3 is 2.60 bits per heavy atom. The van der Waals surface area contributed by atoms with E-state index >= 15 is 0 Å². The van der Waals surface area contributed by atoms with Gasteiger partial charge in [-0.1, -0.05) is 29.3 Å². The fourth-order valence-electron chi connectivity index (χ4n) is 2.82. The molecule has 0 amide bonds. The van der Waals surface area contributed by atoms with Crippen LogP contribution in [-0.4, -0.2) is 29.3 Å². The number of nitrogens with zero attached hydrogens (tertiary/aromatic N) is 3. The second-order valence-electron chi connectivity index (χ2n) is 6.05. The van der Waals surface area contributed by atoms with Gasteiger partial charge in [0.25, 0.3) is 0 Å². The fraction of sp³-hybridized carbons (Fsp3) is 0.444. The smallest absolute Gasteiger partial charge is 0.191 e. The van der Waals surface area contributed by atoms with Crippen molar-refractivity contribution in [1.29, 1.82) is 0 Å². The maximum atomic E-state index is 6.28. The first-order chi connectivity index (χ1) is 11.8. The molecule has 7 heteroatoms. The molecule has 0 fully saturated rings. The first kappa shape index (κ1) is 19.6. The zero-order valence-electron chi connectivity index (χ0n) is 15.3. The minimum atomic E-state index is 0.0119. The highest BCUT2D eigenvalue weighted by Crippen LogP contribution is 2.25. The van der Waals surface area contributed by atoms with Crippen LogP contribution in [0.1, 0.15) is 35.5 Å². The summed E-state index contributed by atoms with van der Waals surface area (Å²) in [7, 11) is 3.73. The minimum absolute atomic E-state index is 0.0119. The van der Waals surface area contributed by atoms with Crippen LogP contribution in [0.15, 0.2) is 23.2 Å². The van der Waals surface area contributed by atoms with Gasteiger partial charge in [0.1, 0.15) is 0 Å². The normalized spacial score (nSPS) is 13.0. The van der Waals surface area contributed by atoms with Crippen LogP contribution in [0, 0.1) is 13.8 Å². The van der Waals surface area contributed by atoms with Gasteiger partial charge in [0.05, 0.1) is 11.7 Å². The van der Waals surface area contributed by atoms with E-state index < -0.39 is 0 Å². The molecule has 0 spiro atoms. The lowest BCUT2D eigenvalue weighted by molar-refractivity contribution is 0.683. The number of halogens is 2. The molecule has 1 unspecified atom stereocenters. The van der Waals surface area contributed by atoms with E-state index in [1.54, 1.807) is 13.1 Å². The third kappa shape index (κ3) is 4.89. The van der Waals surface area contributed by atoms with E-state index in [1.165, 1.54) is 11.3 Å². The van der Waals surface area contributed by atoms with E-state index in [1.807, 2.05) is 37.7 Å². The van der Waals surface area contributed by atoms with Crippen molar-refractivity contribution < 1.29 is 0 Å². The predicted molar refractivity (Wildman–Crippen MR) is 106 cm³/mol. The van der Waals surface area contributed by atoms with Gasteiger partial charge >= 0.3 is 0 Å². The van der Waals surface area contributed by atoms with Gasteiger partial charge < -0.3 is 10.6 Å². The summed E-state index contributed by atoms with van der Waals surface area (Å²) in [5.41, 5.74) is 4.53. The summed E-state index contributed by atoms with van der Waals surface area (Å²) >= 11 is 12.2. The van der Waals surface area contributed by atoms with Gasteiger partial charge in [0.15, 0.2) is 5.96 Å². The predicted octanol–water partition coefficient (Wildman–Crippen LogP) is 3.81. The third-order valence-electron chi connectivity index (χ3n) is 4.33. The molecule has 1 heterocycles. The molecule has 1 atom stereocenters. The molecule has 0 saturated heterocycles. The third-order valence-corrected chi connectivity index (χ3v) is 4.89. The standard InChI is InChI=1S/C18H25Cl2N5/c1-11(16-7-6-14(19)10-17(16)20)23-18(21-4)22-9-8-15-12(2)24-25(5)13(15)3/h6-7,10-11H,8-9H2,1-5H3,(H2,21,22,23). The molecule has 0 aliphatic rings. The number of aliphatic imine (C=N–C) groups is 1. The highest BCUT2D eigenvalue weighted by Gasteiger charge is 2.13. The van der Waals surface area contributed by atoms with Crippen molar-refractivity contribution in [2.75, 3.05) is 13.6 Å². The number of benzene rings is 1. The average molecular weight is 382 g/mol. The van der Waals surface area contributed by atoms with Gasteiger partial charge in [-0.25, -0.2) is 0 Å². The van der Waals surface area contributed by atoms with E-state index in [9.17, 15) is 0 Å². The molecule has 2 aromatic rings. The Kier molecular flexibility index (Phi) is 6.73. The van der Waals surface area contributed by atoms with Crippen molar-refractivity contribution in [3.8, 4) is 0 Å². The Hall–Kier alpha value is -1.72. The van der Waals surface area contributed by atoms with Crippen LogP contribution in [0.3, 0.4) is 0 Å². The summed E-state index contributed by atoms with van der Waals surface area (Å²) in [5, 5.41) is 12.4. The summed E-state index contributed by atoms with van der Waals surface area (Å²) in [6, 6.07) is 5.53. The van der Waals surface area contributed by atoms with Gasteiger partial charge in [0.2, 0.25) is 0 Å². The Labute approximate surface area is 159 Å². The maximum absolute atomic E-state index is 6.28. The Balaban J connectivity index is 1.94. The van der Waals surface area contributed by atoms with Crippen LogP contribution in [-0.2, 0) is 13.5 Å². The topological polar surface area (TPSA) is 54.2 Å². The van der Waals surface area contributed by atoms with E-state index in [-0.39, 0.29) is 6.04 Å². The Bertz CT molecular complexity index is 767. The summed E-state index contributed by atoms with van der Waals surface area (Å²) < 4.78 is 1.92. The van der Waals surface area contributed by atoms with E-state index in [4.69, 9.17) is 23.2 Å². The molecular formula is C18H25Cl2N5. The molecule has 0 aliphatic heterocycles. The monoisotopic (exact) mass is 381 g/mol. The van der Waals surface area contributed by atoms with Crippen molar-refractivity contribution in [3.05, 3.63) is 50.8 Å². The zero-order valence-corrected chi connectivity index (χ0v) is 16.8. The van der Waals surface area contributed by atoms with Crippen molar-refractivity contribution in [1.82, 2.24) is 20.4 Å². The minimum Gasteiger partial charge on any atom is -0.356 e. The SMILES string of the molecule is CN=C(NCCc1c(C)nn(C)c1C)NC(C)c1ccc(Cl)cc1Cl. The summed E-state index contributed by atoms with van der Waals surface area (Å²) in [5.74, 6) is 0.734. The second-order valence-corrected chi connectivity index (χ2v) is 6.90. The second kappa shape index (κ2) is 8.59. The number of aromatic nitrogens is 2. The lowest BCUT2D eigenvalue weighted by atomic mass is 10.1. The summed E-state index contributed by atoms with van der Waals surface area (Å²) in [6.07, 6.45) is 0.891. The molecule has 136 valence electrons. The number of hydrogen-bond donors (Lipinski definition) is 2. The first-order valence-electron chi connectivity index (χ1n) is 8.24. The molecule has 0 saturated carbocycles. The zero-order chi connectivity index (χ0) is 18.6. The highest BCUT2D eigenvalue weighted by molar-refractivity contribution is 6.35. The molecule has 2 N–H and O–H groups in total. The van der Waals surface area contributed by atoms with Crippen LogP contribution >= 0.6 is 23.2 Å². The van der Waals surface area contributed by atoms with Gasteiger partial charge in [-0.15, -0.1) is 0 Å². The molecule has 2 rings (SSSR count). The lowest BCUT2D eigenvalue weighted by Crippen LogP contribution is -2.39. The van der Waals surface area contributed by atoms with E-state index in [0.717, 1.165) is 30.2 Å². The number of rotatable bonds is 5. The molecule has 0 radical (unpaired) electrons. The molecule has 1 aromatic heterocycles. The summed E-state index contributed by atoms with van der Waals surface area (Å²) in [4.78, 5) is 4.29. The quantitative estimate of drug-likeness (QED) is 0.611. The van der Waals surface area contributed by atoms with Crippen LogP contribution in [0.5, 0.6) is 0 Å². The van der Waals surface area contributed by atoms with Crippen LogP contribution in [0.25, 0.3) is 0 Å². The highest BCUT2D eigenvalue weighted by atomic mass is 35.5. The van der Waals surface area contributed by atoms with Crippen molar-refractivity contribution in [3.63, 3.8) is 0 Å². The van der Waals surface area contributed by atoms with E-state index in [2.05, 4.69) is 27.6 Å². The molecule has 1 aromatic carbocycles. The van der Waals surface area contributed by atoms with Gasteiger partial charge in [-0.2, -0.15) is 5.10 Å². The molecule has 25 heavy (non-hydrogen) atoms. The Morgan fingerprint density at radius 2 is 2.04 bits per heavy atom. The van der Waals surface area contributed by atoms with Crippen LogP contribution < -0.4 is 10.6 Å². The van der Waals surface area contributed by atoms with Gasteiger partial charge in [0, 0.05) is 36.4 Å². The van der Waals surface area contributed by atoms with Crippen molar-refractivity contribution in [2.45, 2.75) is 33.2 Å². The average Bonchev–Trinajstić information content (AvgIpc) is 2.79. The number of guanidine groups is 1. The van der Waals surface area contributed by atoms with E-state index in [0.29, 0.717) is 10.0 Å². The van der Waals surface area contributed by atoms with Gasteiger partial charge in [-0.05, 0) is 50.5 Å². The number of hydrogen-bond acceptors (Lipinski definition) is 2. The number of nitrogens with one attached hydrogen (secondary N) is 2. The largest absolute Gasteiger partial charge is 0.356 e.